The molecule has 1 aliphatic carbocycles. The number of nitrogens with zero attached hydrogens (tertiary/aromatic N) is 1. The highest BCUT2D eigenvalue weighted by atomic mass is 16.3. The maximum atomic E-state index is 11.5. The third kappa shape index (κ3) is 2.89. The van der Waals surface area contributed by atoms with Crippen molar-refractivity contribution in [3.05, 3.63) is 76.6 Å². The number of hydrogen-bond donors (Lipinski definition) is 1. The number of amides is 1. The molecule has 2 aliphatic rings. The highest BCUT2D eigenvalue weighted by Crippen LogP contribution is 2.41. The molecule has 0 spiro atoms. The number of carbonyl (C=O) groups excluding carboxylic acids is 1. The van der Waals surface area contributed by atoms with Gasteiger partial charge in [0.05, 0.1) is 5.36 Å². The van der Waals surface area contributed by atoms with Crippen molar-refractivity contribution in [3.63, 3.8) is 0 Å². The number of fused-ring (bicyclic) bond motifs is 2. The first-order valence-electron chi connectivity index (χ1n) is 8.79. The van der Waals surface area contributed by atoms with Crippen LogP contribution in [-0.4, -0.2) is 13.0 Å². The van der Waals surface area contributed by atoms with Crippen LogP contribution in [0.4, 0.5) is 0 Å². The van der Waals surface area contributed by atoms with E-state index < -0.39 is 5.91 Å². The van der Waals surface area contributed by atoms with Gasteiger partial charge in [0.1, 0.15) is 11.3 Å². The highest BCUT2D eigenvalue weighted by molar-refractivity contribution is 6.03. The topological polar surface area (TPSA) is 68.6 Å². The van der Waals surface area contributed by atoms with Crippen molar-refractivity contribution >= 4 is 16.9 Å². The summed E-state index contributed by atoms with van der Waals surface area (Å²) < 4.78 is 6.20. The van der Waals surface area contributed by atoms with Crippen LogP contribution in [0, 0.1) is 13.8 Å². The van der Waals surface area contributed by atoms with Gasteiger partial charge in [-0.3, -0.25) is 9.79 Å². The molecular formula is C23H20N2O2. The van der Waals surface area contributed by atoms with Gasteiger partial charge in [0, 0.05) is 35.2 Å². The smallest absolute Gasteiger partial charge is 0.248 e. The van der Waals surface area contributed by atoms with E-state index in [4.69, 9.17) is 10.2 Å². The fraction of sp³-hybridized carbons (Fsp3) is 0.130. The molecule has 0 saturated carbocycles. The molecule has 0 saturated heterocycles. The second-order valence-electron chi connectivity index (χ2n) is 6.77. The van der Waals surface area contributed by atoms with Gasteiger partial charge >= 0.3 is 0 Å². The molecule has 0 aromatic heterocycles. The lowest BCUT2D eigenvalue weighted by Crippen LogP contribution is -2.11. The van der Waals surface area contributed by atoms with E-state index in [0.717, 1.165) is 49.9 Å². The van der Waals surface area contributed by atoms with E-state index in [1.807, 2.05) is 50.2 Å². The molecule has 27 heavy (non-hydrogen) atoms. The van der Waals surface area contributed by atoms with Gasteiger partial charge in [-0.2, -0.15) is 0 Å². The van der Waals surface area contributed by atoms with Crippen molar-refractivity contribution in [1.29, 1.82) is 0 Å². The lowest BCUT2D eigenvalue weighted by atomic mass is 9.90. The SMILES string of the molecule is C/N=c1/ccc2c(-c3ccc(C(N)=O)cc3C)c3ccc(C)cc3oc-2c1. The lowest BCUT2D eigenvalue weighted by molar-refractivity contribution is 0.1000. The zero-order valence-electron chi connectivity index (χ0n) is 15.5. The summed E-state index contributed by atoms with van der Waals surface area (Å²) in [6, 6.07) is 17.8. The predicted molar refractivity (Wildman–Crippen MR) is 108 cm³/mol. The van der Waals surface area contributed by atoms with Gasteiger partial charge in [-0.25, -0.2) is 0 Å². The van der Waals surface area contributed by atoms with Crippen LogP contribution in [-0.2, 0) is 0 Å². The molecule has 0 fully saturated rings. The molecular weight excluding hydrogens is 336 g/mol. The Labute approximate surface area is 157 Å². The van der Waals surface area contributed by atoms with Crippen LogP contribution in [0.15, 0.2) is 64.0 Å². The molecule has 2 N–H and O–H groups in total. The first-order chi connectivity index (χ1) is 13.0. The van der Waals surface area contributed by atoms with Gasteiger partial charge in [-0.05, 0) is 60.9 Å². The van der Waals surface area contributed by atoms with Gasteiger partial charge in [0.15, 0.2) is 0 Å². The van der Waals surface area contributed by atoms with Gasteiger partial charge in [-0.1, -0.05) is 18.2 Å². The molecule has 4 heteroatoms. The van der Waals surface area contributed by atoms with Crippen LogP contribution in [0.5, 0.6) is 0 Å². The maximum absolute atomic E-state index is 11.5. The summed E-state index contributed by atoms with van der Waals surface area (Å²) in [7, 11) is 1.76. The van der Waals surface area contributed by atoms with Crippen molar-refractivity contribution in [2.24, 2.45) is 10.7 Å². The van der Waals surface area contributed by atoms with Crippen molar-refractivity contribution in [3.8, 4) is 22.5 Å². The van der Waals surface area contributed by atoms with Crippen molar-refractivity contribution in [1.82, 2.24) is 0 Å². The van der Waals surface area contributed by atoms with Crippen LogP contribution in [0.25, 0.3) is 33.4 Å². The molecule has 1 heterocycles. The highest BCUT2D eigenvalue weighted by Gasteiger charge is 2.18. The zero-order chi connectivity index (χ0) is 19.1. The zero-order valence-corrected chi connectivity index (χ0v) is 15.5. The molecule has 0 atom stereocenters. The number of benzene rings is 3. The molecule has 0 bridgehead atoms. The summed E-state index contributed by atoms with van der Waals surface area (Å²) in [6.07, 6.45) is 0. The van der Waals surface area contributed by atoms with E-state index in [0.29, 0.717) is 5.56 Å². The number of carbonyl (C=O) groups is 1. The van der Waals surface area contributed by atoms with E-state index in [1.54, 1.807) is 13.1 Å². The van der Waals surface area contributed by atoms with Crippen molar-refractivity contribution in [2.45, 2.75) is 13.8 Å². The average Bonchev–Trinajstić information content (AvgIpc) is 2.65. The summed E-state index contributed by atoms with van der Waals surface area (Å²) in [5, 5.41) is 1.90. The second-order valence-corrected chi connectivity index (χ2v) is 6.77. The standard InChI is InChI=1S/C23H20N2O2/c1-13-4-7-18-20(10-13)27-21-12-16(25-3)6-9-19(21)22(18)17-8-5-15(23(24)26)11-14(17)2/h4-12H,1-3H3,(H2,24,26)/b25-16-. The Balaban J connectivity index is 2.13. The van der Waals surface area contributed by atoms with E-state index in [9.17, 15) is 4.79 Å². The summed E-state index contributed by atoms with van der Waals surface area (Å²) >= 11 is 0. The minimum absolute atomic E-state index is 0.424. The van der Waals surface area contributed by atoms with E-state index in [2.05, 4.69) is 17.1 Å². The fourth-order valence-electron chi connectivity index (χ4n) is 3.51. The molecule has 1 amide bonds. The monoisotopic (exact) mass is 356 g/mol. The summed E-state index contributed by atoms with van der Waals surface area (Å²) in [4.78, 5) is 15.8. The normalized spacial score (nSPS) is 12.0. The largest absolute Gasteiger partial charge is 0.456 e. The molecule has 2 aromatic carbocycles. The number of primary amides is 1. The Morgan fingerprint density at radius 1 is 0.963 bits per heavy atom. The van der Waals surface area contributed by atoms with Crippen LogP contribution in [0.1, 0.15) is 21.5 Å². The predicted octanol–water partition coefficient (Wildman–Crippen LogP) is 4.45. The Morgan fingerprint density at radius 2 is 1.74 bits per heavy atom. The molecule has 4 rings (SSSR count). The Bertz CT molecular complexity index is 1230. The molecule has 1 aliphatic heterocycles. The Morgan fingerprint density at radius 3 is 2.44 bits per heavy atom. The molecule has 0 radical (unpaired) electrons. The van der Waals surface area contributed by atoms with E-state index >= 15 is 0 Å². The Hall–Kier alpha value is -3.40. The van der Waals surface area contributed by atoms with Gasteiger partial charge in [0.25, 0.3) is 0 Å². The molecule has 134 valence electrons. The summed E-state index contributed by atoms with van der Waals surface area (Å²) in [6.45, 7) is 4.04. The summed E-state index contributed by atoms with van der Waals surface area (Å²) in [5.74, 6) is 0.358. The van der Waals surface area contributed by atoms with Crippen LogP contribution < -0.4 is 11.1 Å². The van der Waals surface area contributed by atoms with Gasteiger partial charge < -0.3 is 10.2 Å². The van der Waals surface area contributed by atoms with Crippen molar-refractivity contribution < 1.29 is 9.21 Å². The lowest BCUT2D eigenvalue weighted by Gasteiger charge is -2.17. The van der Waals surface area contributed by atoms with Crippen LogP contribution in [0.3, 0.4) is 0 Å². The quantitative estimate of drug-likeness (QED) is 0.539. The number of nitrogens with two attached hydrogens (primary N) is 1. The molecule has 4 nitrogen and oxygen atoms in total. The molecule has 0 unspecified atom stereocenters. The molecule has 2 aromatic rings. The third-order valence-electron chi connectivity index (χ3n) is 4.90. The minimum Gasteiger partial charge on any atom is -0.456 e. The van der Waals surface area contributed by atoms with Crippen LogP contribution >= 0.6 is 0 Å². The second kappa shape index (κ2) is 6.40. The minimum atomic E-state index is -0.424. The third-order valence-corrected chi connectivity index (χ3v) is 4.90. The maximum Gasteiger partial charge on any atom is 0.248 e. The first kappa shape index (κ1) is 17.0. The van der Waals surface area contributed by atoms with E-state index in [1.165, 1.54) is 0 Å². The first-order valence-corrected chi connectivity index (χ1v) is 8.79. The van der Waals surface area contributed by atoms with Gasteiger partial charge in [-0.15, -0.1) is 0 Å². The van der Waals surface area contributed by atoms with E-state index in [-0.39, 0.29) is 0 Å². The number of aryl methyl sites for hydroxylation is 2. The number of hydrogen-bond acceptors (Lipinski definition) is 3. The Kier molecular flexibility index (Phi) is 4.04. The summed E-state index contributed by atoms with van der Waals surface area (Å²) in [5.41, 5.74) is 12.0. The average molecular weight is 356 g/mol. The van der Waals surface area contributed by atoms with Crippen molar-refractivity contribution in [2.75, 3.05) is 7.05 Å². The van der Waals surface area contributed by atoms with Gasteiger partial charge in [0.2, 0.25) is 5.91 Å². The van der Waals surface area contributed by atoms with Crippen LogP contribution in [0.2, 0.25) is 0 Å². The number of rotatable bonds is 2. The fourth-order valence-corrected chi connectivity index (χ4v) is 3.51.